The predicted octanol–water partition coefficient (Wildman–Crippen LogP) is 3.37. The van der Waals surface area contributed by atoms with Gasteiger partial charge in [0.05, 0.1) is 16.3 Å². The number of aryl methyl sites for hydroxylation is 2. The first-order valence-electron chi connectivity index (χ1n) is 7.73. The van der Waals surface area contributed by atoms with Crippen LogP contribution in [0.2, 0.25) is 0 Å². The number of carbonyl (C=O) groups is 1. The number of hydrogen-bond acceptors (Lipinski definition) is 4. The number of carbonyl (C=O) groups excluding carboxylic acids is 1. The average molecular weight is 434 g/mol. The van der Waals surface area contributed by atoms with Crippen molar-refractivity contribution in [3.8, 4) is 5.69 Å². The Balaban J connectivity index is 1.87. The molecule has 0 aliphatic rings. The van der Waals surface area contributed by atoms with Gasteiger partial charge in [-0.15, -0.1) is 0 Å². The third kappa shape index (κ3) is 3.86. The highest BCUT2D eigenvalue weighted by Crippen LogP contribution is 2.17. The maximum Gasteiger partial charge on any atom is 0.265 e. The van der Waals surface area contributed by atoms with Crippen molar-refractivity contribution in [3.05, 3.63) is 76.0 Å². The monoisotopic (exact) mass is 433 g/mol. The first kappa shape index (κ1) is 18.3. The highest BCUT2D eigenvalue weighted by Gasteiger charge is 2.19. The Hall–Kier alpha value is -2.45. The lowest BCUT2D eigenvalue weighted by molar-refractivity contribution is 0.0981. The van der Waals surface area contributed by atoms with Gasteiger partial charge in [0.2, 0.25) is 0 Å². The molecule has 1 aromatic heterocycles. The fourth-order valence-corrected chi connectivity index (χ4v) is 3.76. The van der Waals surface area contributed by atoms with Crippen LogP contribution >= 0.6 is 15.9 Å². The van der Waals surface area contributed by atoms with Crippen LogP contribution in [0.15, 0.2) is 64.0 Å². The van der Waals surface area contributed by atoms with Crippen molar-refractivity contribution in [2.24, 2.45) is 0 Å². The Morgan fingerprint density at radius 1 is 1.08 bits per heavy atom. The summed E-state index contributed by atoms with van der Waals surface area (Å²) in [5, 5.41) is 4.37. The Bertz CT molecular complexity index is 1070. The topological polar surface area (TPSA) is 81.1 Å². The van der Waals surface area contributed by atoms with Gasteiger partial charge in [-0.05, 0) is 62.4 Å². The van der Waals surface area contributed by atoms with E-state index in [4.69, 9.17) is 0 Å². The van der Waals surface area contributed by atoms with Crippen LogP contribution < -0.4 is 4.72 Å². The predicted molar refractivity (Wildman–Crippen MR) is 102 cm³/mol. The molecule has 0 bridgehead atoms. The summed E-state index contributed by atoms with van der Waals surface area (Å²) < 4.78 is 29.3. The van der Waals surface area contributed by atoms with E-state index in [9.17, 15) is 13.2 Å². The normalized spacial score (nSPS) is 11.3. The van der Waals surface area contributed by atoms with Crippen LogP contribution in [0, 0.1) is 13.8 Å². The number of sulfonamides is 1. The summed E-state index contributed by atoms with van der Waals surface area (Å²) in [4.78, 5) is 12.5. The minimum atomic E-state index is -3.95. The van der Waals surface area contributed by atoms with Crippen molar-refractivity contribution in [1.82, 2.24) is 14.5 Å². The van der Waals surface area contributed by atoms with Gasteiger partial charge >= 0.3 is 0 Å². The van der Waals surface area contributed by atoms with Crippen molar-refractivity contribution >= 4 is 31.9 Å². The number of aromatic nitrogens is 2. The molecule has 1 heterocycles. The zero-order valence-electron chi connectivity index (χ0n) is 14.1. The van der Waals surface area contributed by atoms with Crippen LogP contribution in [0.5, 0.6) is 0 Å². The maximum absolute atomic E-state index is 12.4. The molecular weight excluding hydrogens is 418 g/mol. The second-order valence-electron chi connectivity index (χ2n) is 5.78. The molecule has 3 rings (SSSR count). The number of benzene rings is 2. The summed E-state index contributed by atoms with van der Waals surface area (Å²) in [6.07, 6.45) is 0. The summed E-state index contributed by atoms with van der Waals surface area (Å²) in [6, 6.07) is 14.6. The Morgan fingerprint density at radius 2 is 1.77 bits per heavy atom. The second-order valence-corrected chi connectivity index (χ2v) is 8.38. The van der Waals surface area contributed by atoms with Crippen LogP contribution in [-0.2, 0) is 10.0 Å². The second kappa shape index (κ2) is 7.05. The van der Waals surface area contributed by atoms with E-state index in [1.807, 2.05) is 19.9 Å². The Kier molecular flexibility index (Phi) is 4.97. The van der Waals surface area contributed by atoms with E-state index in [2.05, 4.69) is 25.8 Å². The minimum absolute atomic E-state index is 0.0174. The van der Waals surface area contributed by atoms with Crippen molar-refractivity contribution < 1.29 is 13.2 Å². The lowest BCUT2D eigenvalue weighted by Crippen LogP contribution is -2.30. The first-order chi connectivity index (χ1) is 12.3. The first-order valence-corrected chi connectivity index (χ1v) is 10.0. The molecule has 0 saturated heterocycles. The van der Waals surface area contributed by atoms with Crippen LogP contribution in [0.4, 0.5) is 0 Å². The molecule has 0 atom stereocenters. The molecule has 6 nitrogen and oxygen atoms in total. The van der Waals surface area contributed by atoms with Gasteiger partial charge in [0.15, 0.2) is 0 Å². The summed E-state index contributed by atoms with van der Waals surface area (Å²) in [7, 11) is -3.95. The third-order valence-corrected chi connectivity index (χ3v) is 5.59. The highest BCUT2D eigenvalue weighted by molar-refractivity contribution is 9.10. The number of nitrogens with zero attached hydrogens (tertiary/aromatic N) is 2. The molecule has 0 radical (unpaired) electrons. The number of halogens is 1. The molecule has 1 amide bonds. The van der Waals surface area contributed by atoms with E-state index in [0.717, 1.165) is 15.9 Å². The van der Waals surface area contributed by atoms with Gasteiger partial charge in [0, 0.05) is 15.7 Å². The molecular formula is C18H16BrN3O3S. The van der Waals surface area contributed by atoms with Crippen LogP contribution in [-0.4, -0.2) is 24.1 Å². The average Bonchev–Trinajstić information content (AvgIpc) is 2.93. The van der Waals surface area contributed by atoms with Crippen LogP contribution in [0.25, 0.3) is 5.69 Å². The molecule has 2 aromatic carbocycles. The van der Waals surface area contributed by atoms with Gasteiger partial charge in [-0.1, -0.05) is 22.0 Å². The highest BCUT2D eigenvalue weighted by atomic mass is 79.9. The van der Waals surface area contributed by atoms with Crippen molar-refractivity contribution in [1.29, 1.82) is 0 Å². The van der Waals surface area contributed by atoms with Crippen LogP contribution in [0.3, 0.4) is 0 Å². The van der Waals surface area contributed by atoms with Gasteiger partial charge in [-0.2, -0.15) is 5.10 Å². The summed E-state index contributed by atoms with van der Waals surface area (Å²) in [6.45, 7) is 3.79. The quantitative estimate of drug-likeness (QED) is 0.683. The van der Waals surface area contributed by atoms with E-state index in [0.29, 0.717) is 5.69 Å². The van der Waals surface area contributed by atoms with E-state index in [-0.39, 0.29) is 10.5 Å². The molecule has 0 saturated carbocycles. The van der Waals surface area contributed by atoms with Gasteiger partial charge in [-0.25, -0.2) is 17.8 Å². The lowest BCUT2D eigenvalue weighted by Gasteiger charge is -2.09. The largest absolute Gasteiger partial charge is 0.268 e. The molecule has 134 valence electrons. The summed E-state index contributed by atoms with van der Waals surface area (Å²) >= 11 is 3.25. The molecule has 0 unspecified atom stereocenters. The number of hydrogen-bond donors (Lipinski definition) is 1. The zero-order valence-corrected chi connectivity index (χ0v) is 16.5. The number of rotatable bonds is 4. The molecule has 0 aliphatic heterocycles. The van der Waals surface area contributed by atoms with E-state index in [1.165, 1.54) is 12.1 Å². The maximum atomic E-state index is 12.4. The standard InChI is InChI=1S/C18H16BrN3O3S/c1-12-10-13(2)22(20-12)16-5-3-4-14(11-16)18(23)21-26(24,25)17-8-6-15(19)7-9-17/h3-11H,1-2H3,(H,21,23). The third-order valence-electron chi connectivity index (χ3n) is 3.71. The molecule has 0 fully saturated rings. The molecule has 3 aromatic rings. The van der Waals surface area contributed by atoms with Gasteiger partial charge in [-0.3, -0.25) is 4.79 Å². The van der Waals surface area contributed by atoms with Gasteiger partial charge in [0.1, 0.15) is 0 Å². The minimum Gasteiger partial charge on any atom is -0.268 e. The SMILES string of the molecule is Cc1cc(C)n(-c2cccc(C(=O)NS(=O)(=O)c3ccc(Br)cc3)c2)n1. The van der Waals surface area contributed by atoms with Crippen LogP contribution in [0.1, 0.15) is 21.7 Å². The van der Waals surface area contributed by atoms with E-state index < -0.39 is 15.9 Å². The zero-order chi connectivity index (χ0) is 18.9. The molecule has 0 aliphatic carbocycles. The Labute approximate surface area is 160 Å². The fraction of sp³-hybridized carbons (Fsp3) is 0.111. The van der Waals surface area contributed by atoms with E-state index in [1.54, 1.807) is 41.1 Å². The molecule has 1 N–H and O–H groups in total. The van der Waals surface area contributed by atoms with Crippen molar-refractivity contribution in [2.75, 3.05) is 0 Å². The van der Waals surface area contributed by atoms with Crippen molar-refractivity contribution in [3.63, 3.8) is 0 Å². The number of amides is 1. The number of nitrogens with one attached hydrogen (secondary N) is 1. The van der Waals surface area contributed by atoms with E-state index >= 15 is 0 Å². The fourth-order valence-electron chi connectivity index (χ4n) is 2.52. The van der Waals surface area contributed by atoms with Gasteiger partial charge in [0.25, 0.3) is 15.9 Å². The molecule has 8 heteroatoms. The lowest BCUT2D eigenvalue weighted by atomic mass is 10.2. The van der Waals surface area contributed by atoms with Gasteiger partial charge < -0.3 is 0 Å². The summed E-state index contributed by atoms with van der Waals surface area (Å²) in [5.74, 6) is -0.698. The smallest absolute Gasteiger partial charge is 0.265 e. The van der Waals surface area contributed by atoms with Crippen molar-refractivity contribution in [2.45, 2.75) is 18.7 Å². The molecule has 0 spiro atoms. The molecule has 26 heavy (non-hydrogen) atoms. The summed E-state index contributed by atoms with van der Waals surface area (Å²) in [5.41, 5.74) is 2.69. The Morgan fingerprint density at radius 3 is 2.38 bits per heavy atom.